The predicted octanol–water partition coefficient (Wildman–Crippen LogP) is 3.25. The van der Waals surface area contributed by atoms with Gasteiger partial charge < -0.3 is 9.47 Å². The van der Waals surface area contributed by atoms with Gasteiger partial charge in [-0.2, -0.15) is 5.26 Å². The summed E-state index contributed by atoms with van der Waals surface area (Å²) in [4.78, 5) is 12.1. The zero-order chi connectivity index (χ0) is 15.4. The monoisotopic (exact) mass is 275 g/mol. The highest BCUT2D eigenvalue weighted by atomic mass is 16.6. The van der Waals surface area contributed by atoms with Crippen molar-refractivity contribution < 1.29 is 14.3 Å². The Morgan fingerprint density at radius 1 is 1.15 bits per heavy atom. The van der Waals surface area contributed by atoms with Crippen molar-refractivity contribution in [3.05, 3.63) is 29.8 Å². The molecular weight excluding hydrogens is 254 g/mol. The number of nitriles is 1. The fourth-order valence-electron chi connectivity index (χ4n) is 1.50. The van der Waals surface area contributed by atoms with Crippen LogP contribution in [0.15, 0.2) is 24.3 Å². The Morgan fingerprint density at radius 3 is 2.15 bits per heavy atom. The van der Waals surface area contributed by atoms with Crippen LogP contribution in [0.1, 0.15) is 40.2 Å². The molecule has 0 aliphatic carbocycles. The van der Waals surface area contributed by atoms with E-state index in [1.807, 2.05) is 32.9 Å². The first-order chi connectivity index (χ1) is 9.14. The van der Waals surface area contributed by atoms with E-state index in [-0.39, 0.29) is 0 Å². The number of hydrogen-bond donors (Lipinski definition) is 0. The van der Waals surface area contributed by atoms with Crippen molar-refractivity contribution in [1.82, 2.24) is 0 Å². The van der Waals surface area contributed by atoms with E-state index in [0.717, 1.165) is 5.56 Å². The number of esters is 1. The van der Waals surface area contributed by atoms with Crippen LogP contribution in [0.2, 0.25) is 0 Å². The Kier molecular flexibility index (Phi) is 4.78. The molecular formula is C16H21NO3. The van der Waals surface area contributed by atoms with E-state index in [4.69, 9.17) is 14.7 Å². The number of rotatable bonds is 4. The Bertz CT molecular complexity index is 504. The molecule has 0 fully saturated rings. The molecule has 0 saturated heterocycles. The maximum Gasteiger partial charge on any atom is 0.350 e. The smallest absolute Gasteiger partial charge is 0.350 e. The van der Waals surface area contributed by atoms with Crippen LogP contribution in [0, 0.1) is 11.3 Å². The van der Waals surface area contributed by atoms with Crippen LogP contribution in [-0.2, 0) is 16.0 Å². The first-order valence-electron chi connectivity index (χ1n) is 6.52. The lowest BCUT2D eigenvalue weighted by molar-refractivity contribution is -0.170. The summed E-state index contributed by atoms with van der Waals surface area (Å²) >= 11 is 0. The molecule has 1 rings (SSSR count). The van der Waals surface area contributed by atoms with Gasteiger partial charge >= 0.3 is 5.97 Å². The van der Waals surface area contributed by atoms with Gasteiger partial charge in [-0.3, -0.25) is 0 Å². The topological polar surface area (TPSA) is 59.3 Å². The third-order valence-corrected chi connectivity index (χ3v) is 2.47. The second-order valence-electron chi connectivity index (χ2n) is 6.09. The van der Waals surface area contributed by atoms with Gasteiger partial charge in [0.05, 0.1) is 12.5 Å². The van der Waals surface area contributed by atoms with Crippen molar-refractivity contribution in [2.45, 2.75) is 52.2 Å². The first-order valence-corrected chi connectivity index (χ1v) is 6.52. The summed E-state index contributed by atoms with van der Waals surface area (Å²) in [5.74, 6) is 0.161. The standard InChI is InChI=1S/C16H21NO3/c1-15(2,3)20-14(18)16(4,5)19-13-8-6-12(7-9-13)10-11-17/h6-9H,10H2,1-5H3. The van der Waals surface area contributed by atoms with Crippen molar-refractivity contribution in [2.24, 2.45) is 0 Å². The van der Waals surface area contributed by atoms with Crippen LogP contribution < -0.4 is 4.74 Å². The van der Waals surface area contributed by atoms with Crippen molar-refractivity contribution in [3.63, 3.8) is 0 Å². The minimum Gasteiger partial charge on any atom is -0.476 e. The molecule has 0 aliphatic heterocycles. The molecule has 1 aromatic carbocycles. The summed E-state index contributed by atoms with van der Waals surface area (Å²) in [5.41, 5.74) is -0.701. The van der Waals surface area contributed by atoms with E-state index in [1.54, 1.807) is 26.0 Å². The maximum absolute atomic E-state index is 12.1. The number of hydrogen-bond acceptors (Lipinski definition) is 4. The van der Waals surface area contributed by atoms with E-state index in [2.05, 4.69) is 6.07 Å². The fourth-order valence-corrected chi connectivity index (χ4v) is 1.50. The quantitative estimate of drug-likeness (QED) is 0.791. The number of carbonyl (C=O) groups is 1. The molecule has 20 heavy (non-hydrogen) atoms. The van der Waals surface area contributed by atoms with Crippen LogP contribution >= 0.6 is 0 Å². The molecule has 0 heterocycles. The minimum atomic E-state index is -1.07. The molecule has 0 radical (unpaired) electrons. The molecule has 4 heteroatoms. The average molecular weight is 275 g/mol. The Hall–Kier alpha value is -2.02. The SMILES string of the molecule is CC(C)(C)OC(=O)C(C)(C)Oc1ccc(CC#N)cc1. The van der Waals surface area contributed by atoms with Gasteiger partial charge in [0, 0.05) is 0 Å². The highest BCUT2D eigenvalue weighted by Crippen LogP contribution is 2.22. The van der Waals surface area contributed by atoms with Crippen LogP contribution in [0.25, 0.3) is 0 Å². The van der Waals surface area contributed by atoms with Crippen molar-refractivity contribution in [1.29, 1.82) is 5.26 Å². The summed E-state index contributed by atoms with van der Waals surface area (Å²) in [6.07, 6.45) is 0.357. The van der Waals surface area contributed by atoms with Gasteiger partial charge in [-0.05, 0) is 52.3 Å². The predicted molar refractivity (Wildman–Crippen MR) is 76.3 cm³/mol. The lowest BCUT2D eigenvalue weighted by atomic mass is 10.1. The molecule has 1 aromatic rings. The molecule has 0 amide bonds. The third-order valence-electron chi connectivity index (χ3n) is 2.47. The van der Waals surface area contributed by atoms with Gasteiger partial charge in [0.2, 0.25) is 0 Å². The van der Waals surface area contributed by atoms with Gasteiger partial charge in [0.15, 0.2) is 5.60 Å². The highest BCUT2D eigenvalue weighted by Gasteiger charge is 2.34. The summed E-state index contributed by atoms with van der Waals surface area (Å²) in [6, 6.07) is 9.20. The largest absolute Gasteiger partial charge is 0.476 e. The Balaban J connectivity index is 2.75. The highest BCUT2D eigenvalue weighted by molar-refractivity contribution is 5.79. The second kappa shape index (κ2) is 5.96. The van der Waals surface area contributed by atoms with Gasteiger partial charge in [-0.25, -0.2) is 4.79 Å². The van der Waals surface area contributed by atoms with E-state index in [1.165, 1.54) is 0 Å². The summed E-state index contributed by atoms with van der Waals surface area (Å²) in [6.45, 7) is 8.79. The molecule has 0 atom stereocenters. The second-order valence-corrected chi connectivity index (χ2v) is 6.09. The first kappa shape index (κ1) is 16.0. The van der Waals surface area contributed by atoms with Gasteiger partial charge in [0.25, 0.3) is 0 Å². The number of nitrogens with zero attached hydrogens (tertiary/aromatic N) is 1. The molecule has 0 unspecified atom stereocenters. The minimum absolute atomic E-state index is 0.357. The van der Waals surface area contributed by atoms with Gasteiger partial charge in [-0.15, -0.1) is 0 Å². The molecule has 0 saturated carbocycles. The van der Waals surface area contributed by atoms with E-state index < -0.39 is 17.2 Å². The average Bonchev–Trinajstić information content (AvgIpc) is 2.29. The zero-order valence-electron chi connectivity index (χ0n) is 12.7. The lowest BCUT2D eigenvalue weighted by Crippen LogP contribution is -2.43. The molecule has 0 aromatic heterocycles. The number of carbonyl (C=O) groups excluding carboxylic acids is 1. The number of ether oxygens (including phenoxy) is 2. The normalized spacial score (nSPS) is 11.6. The van der Waals surface area contributed by atoms with E-state index >= 15 is 0 Å². The Morgan fingerprint density at radius 2 is 1.70 bits per heavy atom. The van der Waals surface area contributed by atoms with Gasteiger partial charge in [0.1, 0.15) is 11.4 Å². The van der Waals surface area contributed by atoms with Gasteiger partial charge in [-0.1, -0.05) is 12.1 Å². The fraction of sp³-hybridized carbons (Fsp3) is 0.500. The van der Waals surface area contributed by atoms with Crippen LogP contribution in [0.5, 0.6) is 5.75 Å². The van der Waals surface area contributed by atoms with Crippen molar-refractivity contribution in [2.75, 3.05) is 0 Å². The molecule has 0 aliphatic rings. The number of benzene rings is 1. The Labute approximate surface area is 120 Å². The van der Waals surface area contributed by atoms with Crippen molar-refractivity contribution in [3.8, 4) is 11.8 Å². The van der Waals surface area contributed by atoms with E-state index in [9.17, 15) is 4.79 Å². The maximum atomic E-state index is 12.1. The van der Waals surface area contributed by atoms with E-state index in [0.29, 0.717) is 12.2 Å². The van der Waals surface area contributed by atoms with Crippen LogP contribution in [0.3, 0.4) is 0 Å². The molecule has 0 spiro atoms. The van der Waals surface area contributed by atoms with Crippen LogP contribution in [0.4, 0.5) is 0 Å². The molecule has 0 bridgehead atoms. The lowest BCUT2D eigenvalue weighted by Gasteiger charge is -2.29. The summed E-state index contributed by atoms with van der Waals surface area (Å²) in [5, 5.41) is 8.61. The molecule has 0 N–H and O–H groups in total. The summed E-state index contributed by atoms with van der Waals surface area (Å²) in [7, 11) is 0. The third kappa shape index (κ3) is 4.93. The van der Waals surface area contributed by atoms with Crippen LogP contribution in [-0.4, -0.2) is 17.2 Å². The van der Waals surface area contributed by atoms with Crippen molar-refractivity contribution >= 4 is 5.97 Å². The summed E-state index contributed by atoms with van der Waals surface area (Å²) < 4.78 is 11.0. The zero-order valence-corrected chi connectivity index (χ0v) is 12.7. The molecule has 4 nitrogen and oxygen atoms in total. The molecule has 108 valence electrons.